The summed E-state index contributed by atoms with van der Waals surface area (Å²) in [6.45, 7) is 4.64. The molecule has 3 N–H and O–H groups in total. The number of cyclic esters (lactones) is 1. The van der Waals surface area contributed by atoms with Crippen LogP contribution >= 0.6 is 0 Å². The summed E-state index contributed by atoms with van der Waals surface area (Å²) < 4.78 is 5.43. The minimum absolute atomic E-state index is 0.463. The average Bonchev–Trinajstić information content (AvgIpc) is 2.67. The summed E-state index contributed by atoms with van der Waals surface area (Å²) in [7, 11) is 0. The van der Waals surface area contributed by atoms with Gasteiger partial charge in [0.1, 0.15) is 0 Å². The predicted molar refractivity (Wildman–Crippen MR) is 85.1 cm³/mol. The first-order valence-corrected chi connectivity index (χ1v) is 7.92. The molecular formula is C17H26N2O3. The molecule has 5 heteroatoms. The maximum Gasteiger partial charge on any atom is 0.413 e. The molecule has 22 heavy (non-hydrogen) atoms. The number of hydrogen-bond donors (Lipinski definition) is 2. The van der Waals surface area contributed by atoms with Crippen LogP contribution in [0.2, 0.25) is 0 Å². The maximum atomic E-state index is 12.2. The smallest absolute Gasteiger partial charge is 0.413 e. The van der Waals surface area contributed by atoms with E-state index in [1.165, 1.54) is 4.90 Å². The van der Waals surface area contributed by atoms with Crippen molar-refractivity contribution in [1.29, 1.82) is 0 Å². The van der Waals surface area contributed by atoms with Gasteiger partial charge in [-0.15, -0.1) is 0 Å². The Kier molecular flexibility index (Phi) is 5.08. The summed E-state index contributed by atoms with van der Waals surface area (Å²) in [5, 5.41) is 11.3. The van der Waals surface area contributed by atoms with Crippen molar-refractivity contribution in [3.8, 4) is 0 Å². The first kappa shape index (κ1) is 16.8. The third-order valence-electron chi connectivity index (χ3n) is 4.31. The highest BCUT2D eigenvalue weighted by molar-refractivity contribution is 5.72. The zero-order valence-electron chi connectivity index (χ0n) is 13.4. The second-order valence-corrected chi connectivity index (χ2v) is 6.27. The van der Waals surface area contributed by atoms with Gasteiger partial charge in [0.15, 0.2) is 5.60 Å². The molecule has 1 fully saturated rings. The third kappa shape index (κ3) is 2.96. The van der Waals surface area contributed by atoms with Crippen LogP contribution in [0.25, 0.3) is 0 Å². The van der Waals surface area contributed by atoms with Crippen LogP contribution < -0.4 is 5.73 Å². The van der Waals surface area contributed by atoms with E-state index in [0.717, 1.165) is 25.7 Å². The quantitative estimate of drug-likeness (QED) is 0.759. The fraction of sp³-hybridized carbons (Fsp3) is 0.588. The van der Waals surface area contributed by atoms with E-state index < -0.39 is 17.4 Å². The fourth-order valence-electron chi connectivity index (χ4n) is 3.00. The number of benzene rings is 1. The normalized spacial score (nSPS) is 23.6. The second-order valence-electron chi connectivity index (χ2n) is 6.27. The first-order valence-electron chi connectivity index (χ1n) is 7.92. The summed E-state index contributed by atoms with van der Waals surface area (Å²) in [6.07, 6.45) is 3.35. The second kappa shape index (κ2) is 6.67. The summed E-state index contributed by atoms with van der Waals surface area (Å²) >= 11 is 0. The van der Waals surface area contributed by atoms with E-state index >= 15 is 0 Å². The van der Waals surface area contributed by atoms with Gasteiger partial charge in [-0.1, -0.05) is 43.2 Å². The molecule has 0 spiro atoms. The van der Waals surface area contributed by atoms with Crippen molar-refractivity contribution in [2.24, 2.45) is 5.73 Å². The molecule has 1 unspecified atom stereocenters. The van der Waals surface area contributed by atoms with E-state index in [0.29, 0.717) is 18.7 Å². The standard InChI is InChI=1S/C17H26N2O3/c1-16(2)17(21,14-10-6-5-7-11-14)19(15(20)22-16)13-9-4-3-8-12-18/h5-7,10-11,21H,3-4,8-9,12-13,18H2,1-2H3. The molecule has 1 aliphatic rings. The molecule has 0 aromatic heterocycles. The predicted octanol–water partition coefficient (Wildman–Crippen LogP) is 2.58. The highest BCUT2D eigenvalue weighted by Crippen LogP contribution is 2.44. The summed E-state index contributed by atoms with van der Waals surface area (Å²) in [6, 6.07) is 9.24. The SMILES string of the molecule is CC1(C)OC(=O)N(CCCCCCN)C1(O)c1ccccc1. The van der Waals surface area contributed by atoms with Crippen LogP contribution in [0.15, 0.2) is 30.3 Å². The molecule has 5 nitrogen and oxygen atoms in total. The number of carbonyl (C=O) groups is 1. The van der Waals surface area contributed by atoms with E-state index in [9.17, 15) is 9.90 Å². The van der Waals surface area contributed by atoms with Crippen molar-refractivity contribution in [3.05, 3.63) is 35.9 Å². The van der Waals surface area contributed by atoms with Crippen molar-refractivity contribution in [2.75, 3.05) is 13.1 Å². The lowest BCUT2D eigenvalue weighted by atomic mass is 9.87. The number of rotatable bonds is 7. The molecule has 1 amide bonds. The Labute approximate surface area is 132 Å². The topological polar surface area (TPSA) is 75.8 Å². The van der Waals surface area contributed by atoms with E-state index in [1.54, 1.807) is 13.8 Å². The molecule has 1 heterocycles. The average molecular weight is 306 g/mol. The molecule has 1 saturated heterocycles. The van der Waals surface area contributed by atoms with Crippen LogP contribution in [0.3, 0.4) is 0 Å². The zero-order valence-corrected chi connectivity index (χ0v) is 13.4. The Morgan fingerprint density at radius 2 is 1.77 bits per heavy atom. The van der Waals surface area contributed by atoms with Crippen molar-refractivity contribution >= 4 is 6.09 Å². The minimum atomic E-state index is -1.45. The van der Waals surface area contributed by atoms with Crippen LogP contribution in [0.4, 0.5) is 4.79 Å². The Morgan fingerprint density at radius 3 is 2.41 bits per heavy atom. The van der Waals surface area contributed by atoms with Crippen molar-refractivity contribution in [3.63, 3.8) is 0 Å². The van der Waals surface area contributed by atoms with Gasteiger partial charge in [0.2, 0.25) is 5.72 Å². The molecule has 1 atom stereocenters. The van der Waals surface area contributed by atoms with Crippen LogP contribution in [-0.4, -0.2) is 34.8 Å². The fourth-order valence-corrected chi connectivity index (χ4v) is 3.00. The molecule has 1 aliphatic heterocycles. The highest BCUT2D eigenvalue weighted by atomic mass is 16.6. The molecule has 0 bridgehead atoms. The highest BCUT2D eigenvalue weighted by Gasteiger charge is 2.60. The third-order valence-corrected chi connectivity index (χ3v) is 4.31. The first-order chi connectivity index (χ1) is 10.4. The molecule has 0 saturated carbocycles. The van der Waals surface area contributed by atoms with Gasteiger partial charge in [-0.25, -0.2) is 4.79 Å². The molecule has 122 valence electrons. The van der Waals surface area contributed by atoms with Gasteiger partial charge in [-0.2, -0.15) is 0 Å². The molecule has 1 aromatic carbocycles. The van der Waals surface area contributed by atoms with Crippen LogP contribution in [0, 0.1) is 0 Å². The number of carbonyl (C=O) groups excluding carboxylic acids is 1. The van der Waals surface area contributed by atoms with E-state index in [1.807, 2.05) is 30.3 Å². The Bertz CT molecular complexity index is 504. The monoisotopic (exact) mass is 306 g/mol. The molecule has 0 aliphatic carbocycles. The van der Waals surface area contributed by atoms with Crippen molar-refractivity contribution in [1.82, 2.24) is 4.90 Å². The van der Waals surface area contributed by atoms with Crippen molar-refractivity contribution < 1.29 is 14.6 Å². The van der Waals surface area contributed by atoms with Gasteiger partial charge in [0.25, 0.3) is 0 Å². The zero-order chi connectivity index (χ0) is 16.2. The van der Waals surface area contributed by atoms with E-state index in [2.05, 4.69) is 0 Å². The van der Waals surface area contributed by atoms with E-state index in [4.69, 9.17) is 10.5 Å². The van der Waals surface area contributed by atoms with Gasteiger partial charge < -0.3 is 15.6 Å². The minimum Gasteiger partial charge on any atom is -0.438 e. The number of nitrogens with zero attached hydrogens (tertiary/aromatic N) is 1. The molecule has 2 rings (SSSR count). The van der Waals surface area contributed by atoms with Crippen molar-refractivity contribution in [2.45, 2.75) is 50.9 Å². The number of aliphatic hydroxyl groups is 1. The van der Waals surface area contributed by atoms with E-state index in [-0.39, 0.29) is 0 Å². The number of amides is 1. The van der Waals surface area contributed by atoms with Crippen LogP contribution in [0.5, 0.6) is 0 Å². The summed E-state index contributed by atoms with van der Waals surface area (Å²) in [5.74, 6) is 0. The van der Waals surface area contributed by atoms with Gasteiger partial charge >= 0.3 is 6.09 Å². The van der Waals surface area contributed by atoms with Gasteiger partial charge in [0.05, 0.1) is 0 Å². The molecular weight excluding hydrogens is 280 g/mol. The largest absolute Gasteiger partial charge is 0.438 e. The van der Waals surface area contributed by atoms with Gasteiger partial charge in [-0.05, 0) is 33.2 Å². The number of unbranched alkanes of at least 4 members (excludes halogenated alkanes) is 3. The molecule has 1 aromatic rings. The van der Waals surface area contributed by atoms with Crippen LogP contribution in [0.1, 0.15) is 45.1 Å². The summed E-state index contributed by atoms with van der Waals surface area (Å²) in [5.41, 5.74) is 3.72. The van der Waals surface area contributed by atoms with Gasteiger partial charge in [0, 0.05) is 12.1 Å². The lowest BCUT2D eigenvalue weighted by molar-refractivity contribution is -0.149. The van der Waals surface area contributed by atoms with Crippen LogP contribution in [-0.2, 0) is 10.5 Å². The number of hydrogen-bond acceptors (Lipinski definition) is 4. The Hall–Kier alpha value is -1.59. The lowest BCUT2D eigenvalue weighted by Gasteiger charge is -2.38. The number of nitrogens with two attached hydrogens (primary N) is 1. The maximum absolute atomic E-state index is 12.2. The Morgan fingerprint density at radius 1 is 1.14 bits per heavy atom. The molecule has 0 radical (unpaired) electrons. The lowest BCUT2D eigenvalue weighted by Crippen LogP contribution is -2.53. The number of ether oxygens (including phenoxy) is 1. The van der Waals surface area contributed by atoms with Gasteiger partial charge in [-0.3, -0.25) is 4.90 Å². The Balaban J connectivity index is 2.17. The summed E-state index contributed by atoms with van der Waals surface area (Å²) in [4.78, 5) is 13.7.